The number of hydrogen-bond acceptors (Lipinski definition) is 5. The van der Waals surface area contributed by atoms with Crippen LogP contribution in [0, 0.1) is 18.3 Å². The number of nitrogens with one attached hydrogen (secondary N) is 1. The first-order valence-electron chi connectivity index (χ1n) is 11.5. The SMILES string of the molecule is C=Cc1cccc(-c2csc(C(C)C(C=O)Cc3csc(C)n3)c2)c1.CC.CC.CC(C)=N. The lowest BCUT2D eigenvalue weighted by atomic mass is 9.89. The Bertz CT molecular complexity index is 968. The molecule has 1 N–H and O–H groups in total. The molecule has 3 aromatic rings. The zero-order valence-electron chi connectivity index (χ0n) is 21.4. The molecule has 0 radical (unpaired) electrons. The van der Waals surface area contributed by atoms with Crippen LogP contribution in [0.2, 0.25) is 0 Å². The molecule has 0 bridgehead atoms. The van der Waals surface area contributed by atoms with Gasteiger partial charge in [0.25, 0.3) is 0 Å². The van der Waals surface area contributed by atoms with E-state index in [2.05, 4.69) is 47.4 Å². The van der Waals surface area contributed by atoms with Crippen LogP contribution in [0.5, 0.6) is 0 Å². The highest BCUT2D eigenvalue weighted by molar-refractivity contribution is 7.10. The molecule has 0 saturated heterocycles. The van der Waals surface area contributed by atoms with Crippen molar-refractivity contribution in [3.05, 3.63) is 68.8 Å². The molecule has 0 aliphatic rings. The van der Waals surface area contributed by atoms with Gasteiger partial charge in [0.1, 0.15) is 6.29 Å². The van der Waals surface area contributed by atoms with Gasteiger partial charge in [-0.3, -0.25) is 0 Å². The van der Waals surface area contributed by atoms with Crippen LogP contribution in [0.1, 0.15) is 75.5 Å². The molecule has 0 amide bonds. The van der Waals surface area contributed by atoms with Gasteiger partial charge in [0.15, 0.2) is 0 Å². The molecule has 1 aromatic carbocycles. The number of nitrogens with zero attached hydrogens (tertiary/aromatic N) is 1. The van der Waals surface area contributed by atoms with E-state index >= 15 is 0 Å². The number of aldehydes is 1. The first kappa shape index (κ1) is 30.6. The van der Waals surface area contributed by atoms with E-state index in [1.54, 1.807) is 36.5 Å². The molecule has 2 heterocycles. The summed E-state index contributed by atoms with van der Waals surface area (Å²) in [7, 11) is 0. The highest BCUT2D eigenvalue weighted by Gasteiger charge is 2.21. The van der Waals surface area contributed by atoms with Crippen molar-refractivity contribution >= 4 is 40.7 Å². The lowest BCUT2D eigenvalue weighted by molar-refractivity contribution is -0.111. The summed E-state index contributed by atoms with van der Waals surface area (Å²) in [6.45, 7) is 19.5. The summed E-state index contributed by atoms with van der Waals surface area (Å²) in [5, 5.41) is 11.8. The van der Waals surface area contributed by atoms with Crippen LogP contribution in [0.15, 0.2) is 47.7 Å². The lowest BCUT2D eigenvalue weighted by Gasteiger charge is -2.16. The van der Waals surface area contributed by atoms with Crippen LogP contribution in [-0.2, 0) is 11.2 Å². The molecule has 0 saturated carbocycles. The van der Waals surface area contributed by atoms with Crippen LogP contribution in [0.4, 0.5) is 0 Å². The average Bonchev–Trinajstić information content (AvgIpc) is 3.48. The molecule has 5 heteroatoms. The molecule has 3 rings (SSSR count). The van der Waals surface area contributed by atoms with Gasteiger partial charge in [-0.2, -0.15) is 0 Å². The van der Waals surface area contributed by atoms with E-state index in [-0.39, 0.29) is 11.8 Å². The van der Waals surface area contributed by atoms with E-state index in [9.17, 15) is 4.79 Å². The van der Waals surface area contributed by atoms with Gasteiger partial charge in [0.05, 0.1) is 10.7 Å². The summed E-state index contributed by atoms with van der Waals surface area (Å²) >= 11 is 3.36. The van der Waals surface area contributed by atoms with E-state index in [0.29, 0.717) is 12.1 Å². The fourth-order valence-electron chi connectivity index (χ4n) is 2.89. The lowest BCUT2D eigenvalue weighted by Crippen LogP contribution is -2.14. The second-order valence-electron chi connectivity index (χ2n) is 7.22. The molecular formula is C28H40N2OS2. The normalized spacial score (nSPS) is 11.3. The number of aromatic nitrogens is 1. The summed E-state index contributed by atoms with van der Waals surface area (Å²) in [6, 6.07) is 10.6. The van der Waals surface area contributed by atoms with Crippen LogP contribution < -0.4 is 0 Å². The second-order valence-corrected chi connectivity index (χ2v) is 9.22. The number of carbonyl (C=O) groups is 1. The van der Waals surface area contributed by atoms with Gasteiger partial charge in [-0.05, 0) is 55.0 Å². The third-order valence-electron chi connectivity index (χ3n) is 4.45. The van der Waals surface area contributed by atoms with Crippen molar-refractivity contribution in [2.24, 2.45) is 5.92 Å². The summed E-state index contributed by atoms with van der Waals surface area (Å²) < 4.78 is 0. The largest absolute Gasteiger partial charge is 0.310 e. The monoisotopic (exact) mass is 484 g/mol. The van der Waals surface area contributed by atoms with Gasteiger partial charge >= 0.3 is 0 Å². The van der Waals surface area contributed by atoms with Crippen molar-refractivity contribution in [1.82, 2.24) is 4.98 Å². The Morgan fingerprint density at radius 3 is 2.24 bits per heavy atom. The summed E-state index contributed by atoms with van der Waals surface area (Å²) in [5.41, 5.74) is 5.18. The van der Waals surface area contributed by atoms with E-state index in [4.69, 9.17) is 5.41 Å². The predicted molar refractivity (Wildman–Crippen MR) is 150 cm³/mol. The molecule has 2 unspecified atom stereocenters. The van der Waals surface area contributed by atoms with Gasteiger partial charge < -0.3 is 10.2 Å². The zero-order valence-corrected chi connectivity index (χ0v) is 23.1. The first-order chi connectivity index (χ1) is 15.8. The summed E-state index contributed by atoms with van der Waals surface area (Å²) in [4.78, 5) is 17.4. The van der Waals surface area contributed by atoms with Gasteiger partial charge in [-0.25, -0.2) is 4.98 Å². The first-order valence-corrected chi connectivity index (χ1v) is 13.3. The number of hydrogen-bond donors (Lipinski definition) is 1. The minimum Gasteiger partial charge on any atom is -0.310 e. The Morgan fingerprint density at radius 2 is 1.73 bits per heavy atom. The van der Waals surface area contributed by atoms with Crippen molar-refractivity contribution in [3.8, 4) is 11.1 Å². The smallest absolute Gasteiger partial charge is 0.124 e. The number of thiophene rings is 1. The van der Waals surface area contributed by atoms with Gasteiger partial charge in [-0.15, -0.1) is 22.7 Å². The molecule has 0 fully saturated rings. The number of aryl methyl sites for hydroxylation is 1. The summed E-state index contributed by atoms with van der Waals surface area (Å²) in [6.07, 6.45) is 3.64. The van der Waals surface area contributed by atoms with E-state index in [1.165, 1.54) is 16.0 Å². The standard InChI is InChI=1S/C21H21NOS2.C3H7N.2C2H6/c1-4-16-6-5-7-17(8-16)19-10-21(25-12-19)14(2)18(11-23)9-20-13-24-15(3)22-20;1-3(2)4;2*1-2/h4-8,10-14,18H,1,9H2,2-3H3;4H,1-2H3;2*1-2H3. The van der Waals surface area contributed by atoms with Crippen LogP contribution in [0.25, 0.3) is 17.2 Å². The minimum absolute atomic E-state index is 0.0486. The fraction of sp³-hybridized carbons (Fsp3) is 0.393. The van der Waals surface area contributed by atoms with Gasteiger partial charge in [0, 0.05) is 34.2 Å². The Balaban J connectivity index is 0.00000113. The quantitative estimate of drug-likeness (QED) is 0.268. The van der Waals surface area contributed by atoms with Crippen molar-refractivity contribution in [1.29, 1.82) is 5.41 Å². The molecule has 0 aliphatic heterocycles. The average molecular weight is 485 g/mol. The summed E-state index contributed by atoms with van der Waals surface area (Å²) in [5.74, 6) is 0.133. The number of benzene rings is 1. The third kappa shape index (κ3) is 10.9. The highest BCUT2D eigenvalue weighted by Crippen LogP contribution is 2.34. The van der Waals surface area contributed by atoms with Crippen LogP contribution in [-0.4, -0.2) is 17.0 Å². The Morgan fingerprint density at radius 1 is 1.09 bits per heavy atom. The van der Waals surface area contributed by atoms with Crippen molar-refractivity contribution in [2.45, 2.75) is 67.7 Å². The van der Waals surface area contributed by atoms with Crippen molar-refractivity contribution in [2.75, 3.05) is 0 Å². The maximum Gasteiger partial charge on any atom is 0.124 e. The second kappa shape index (κ2) is 17.2. The predicted octanol–water partition coefficient (Wildman–Crippen LogP) is 9.08. The van der Waals surface area contributed by atoms with Crippen LogP contribution in [0.3, 0.4) is 0 Å². The molecule has 0 spiro atoms. The number of carbonyl (C=O) groups excluding carboxylic acids is 1. The topological polar surface area (TPSA) is 53.8 Å². The Labute approximate surface area is 209 Å². The fourth-order valence-corrected chi connectivity index (χ4v) is 4.56. The highest BCUT2D eigenvalue weighted by atomic mass is 32.1. The number of rotatable bonds is 7. The molecule has 2 aromatic heterocycles. The van der Waals surface area contributed by atoms with Crippen molar-refractivity contribution in [3.63, 3.8) is 0 Å². The maximum atomic E-state index is 11.7. The minimum atomic E-state index is -0.0486. The van der Waals surface area contributed by atoms with Gasteiger partial charge in [-0.1, -0.05) is 65.5 Å². The van der Waals surface area contributed by atoms with Crippen molar-refractivity contribution < 1.29 is 4.79 Å². The van der Waals surface area contributed by atoms with Crippen LogP contribution >= 0.6 is 22.7 Å². The molecular weight excluding hydrogens is 444 g/mol. The molecule has 180 valence electrons. The van der Waals surface area contributed by atoms with E-state index < -0.39 is 0 Å². The molecule has 3 nitrogen and oxygen atoms in total. The number of thiazole rings is 1. The maximum absolute atomic E-state index is 11.7. The molecule has 33 heavy (non-hydrogen) atoms. The van der Waals surface area contributed by atoms with Gasteiger partial charge in [0.2, 0.25) is 0 Å². The third-order valence-corrected chi connectivity index (χ3v) is 6.41. The molecule has 0 aliphatic carbocycles. The zero-order chi connectivity index (χ0) is 25.4. The Hall–Kier alpha value is -2.37. The Kier molecular flexibility index (Phi) is 15.9. The van der Waals surface area contributed by atoms with E-state index in [1.807, 2.05) is 52.8 Å². The molecule has 2 atom stereocenters. The van der Waals surface area contributed by atoms with E-state index in [0.717, 1.165) is 22.6 Å².